The molecular formula is C23H29N5. The van der Waals surface area contributed by atoms with Crippen molar-refractivity contribution in [3.05, 3.63) is 78.4 Å². The monoisotopic (exact) mass is 375 g/mol. The minimum Gasteiger partial charge on any atom is -0.366 e. The Labute approximate surface area is 168 Å². The molecule has 0 atom stereocenters. The Bertz CT molecular complexity index is 1030. The molecule has 3 heterocycles. The fourth-order valence-electron chi connectivity index (χ4n) is 2.93. The number of hydrogen-bond acceptors (Lipinski definition) is 4. The standard InChI is InChI=1S/C21H21N5.C2H6.H2/c1-15(2)17-6-3-7-18(11-17)19-14-24-26-10-8-20(25-21(19)26)23-13-16-5-4-9-22-12-16;1-2;/h3-12,14-15H,13H2,1-2H3,(H,23,25);1-2H3;1H. The van der Waals surface area contributed by atoms with Crippen LogP contribution in [0.5, 0.6) is 0 Å². The summed E-state index contributed by atoms with van der Waals surface area (Å²) in [5.74, 6) is 1.31. The van der Waals surface area contributed by atoms with Gasteiger partial charge in [-0.3, -0.25) is 4.98 Å². The summed E-state index contributed by atoms with van der Waals surface area (Å²) >= 11 is 0. The van der Waals surface area contributed by atoms with Gasteiger partial charge in [-0.2, -0.15) is 5.10 Å². The summed E-state index contributed by atoms with van der Waals surface area (Å²) in [5, 5.41) is 7.80. The van der Waals surface area contributed by atoms with Gasteiger partial charge < -0.3 is 5.32 Å². The number of nitrogens with zero attached hydrogens (tertiary/aromatic N) is 4. The van der Waals surface area contributed by atoms with Gasteiger partial charge in [-0.05, 0) is 34.7 Å². The third kappa shape index (κ3) is 4.36. The fourth-order valence-corrected chi connectivity index (χ4v) is 2.93. The van der Waals surface area contributed by atoms with Crippen LogP contribution in [0.25, 0.3) is 16.8 Å². The first-order valence-corrected chi connectivity index (χ1v) is 9.78. The maximum Gasteiger partial charge on any atom is 0.165 e. The molecule has 0 fully saturated rings. The van der Waals surface area contributed by atoms with E-state index >= 15 is 0 Å². The molecule has 0 aliphatic rings. The van der Waals surface area contributed by atoms with Crippen molar-refractivity contribution in [3.63, 3.8) is 0 Å². The van der Waals surface area contributed by atoms with E-state index in [-0.39, 0.29) is 1.43 Å². The van der Waals surface area contributed by atoms with E-state index in [1.807, 2.05) is 55.2 Å². The Hall–Kier alpha value is -3.21. The number of anilines is 1. The van der Waals surface area contributed by atoms with Gasteiger partial charge >= 0.3 is 0 Å². The Morgan fingerprint density at radius 2 is 1.93 bits per heavy atom. The molecule has 28 heavy (non-hydrogen) atoms. The average molecular weight is 376 g/mol. The summed E-state index contributed by atoms with van der Waals surface area (Å²) in [6.45, 7) is 9.09. The molecular weight excluding hydrogens is 346 g/mol. The molecule has 5 heteroatoms. The highest BCUT2D eigenvalue weighted by molar-refractivity contribution is 5.78. The molecule has 0 unspecified atom stereocenters. The summed E-state index contributed by atoms with van der Waals surface area (Å²) in [6.07, 6.45) is 7.45. The number of benzene rings is 1. The molecule has 0 bridgehead atoms. The molecule has 5 nitrogen and oxygen atoms in total. The smallest absolute Gasteiger partial charge is 0.165 e. The summed E-state index contributed by atoms with van der Waals surface area (Å²) in [7, 11) is 0. The summed E-state index contributed by atoms with van der Waals surface area (Å²) in [5.41, 5.74) is 5.46. The Balaban J connectivity index is 0.000000970. The lowest BCUT2D eigenvalue weighted by molar-refractivity contribution is 0.867. The molecule has 4 rings (SSSR count). The van der Waals surface area contributed by atoms with E-state index < -0.39 is 0 Å². The molecule has 1 aromatic carbocycles. The first kappa shape index (κ1) is 19.5. The molecule has 4 aromatic rings. The molecule has 0 spiro atoms. The Morgan fingerprint density at radius 3 is 2.68 bits per heavy atom. The minimum absolute atomic E-state index is 0. The van der Waals surface area contributed by atoms with Crippen LogP contribution in [0.15, 0.2) is 67.3 Å². The zero-order valence-electron chi connectivity index (χ0n) is 16.9. The molecule has 0 saturated heterocycles. The predicted octanol–water partition coefficient (Wildman–Crippen LogP) is 5.80. The van der Waals surface area contributed by atoms with E-state index in [2.05, 4.69) is 53.5 Å². The SMILES string of the molecule is CC.CC(C)c1cccc(-c2cnn3ccc(NCc4cccnc4)nc23)c1.[HH]. The maximum atomic E-state index is 4.77. The van der Waals surface area contributed by atoms with Gasteiger partial charge in [-0.15, -0.1) is 0 Å². The second-order valence-corrected chi connectivity index (χ2v) is 6.63. The summed E-state index contributed by atoms with van der Waals surface area (Å²) < 4.78 is 1.81. The number of nitrogens with one attached hydrogen (secondary N) is 1. The van der Waals surface area contributed by atoms with Crippen LogP contribution in [0.4, 0.5) is 5.82 Å². The van der Waals surface area contributed by atoms with Crippen molar-refractivity contribution in [2.75, 3.05) is 5.32 Å². The van der Waals surface area contributed by atoms with E-state index in [9.17, 15) is 0 Å². The topological polar surface area (TPSA) is 55.1 Å². The third-order valence-electron chi connectivity index (χ3n) is 4.43. The van der Waals surface area contributed by atoms with Crippen LogP contribution in [-0.4, -0.2) is 19.6 Å². The van der Waals surface area contributed by atoms with Crippen molar-refractivity contribution in [2.45, 2.75) is 40.2 Å². The normalized spacial score (nSPS) is 10.6. The highest BCUT2D eigenvalue weighted by Gasteiger charge is 2.10. The second-order valence-electron chi connectivity index (χ2n) is 6.63. The lowest BCUT2D eigenvalue weighted by Gasteiger charge is -2.08. The van der Waals surface area contributed by atoms with Crippen LogP contribution in [-0.2, 0) is 6.54 Å². The van der Waals surface area contributed by atoms with E-state index in [1.165, 1.54) is 5.56 Å². The van der Waals surface area contributed by atoms with Gasteiger partial charge in [0.05, 0.1) is 6.20 Å². The predicted molar refractivity (Wildman–Crippen MR) is 118 cm³/mol. The molecule has 0 aliphatic heterocycles. The van der Waals surface area contributed by atoms with Crippen LogP contribution in [0.3, 0.4) is 0 Å². The van der Waals surface area contributed by atoms with Crippen molar-refractivity contribution in [1.82, 2.24) is 19.6 Å². The van der Waals surface area contributed by atoms with Crippen LogP contribution < -0.4 is 5.32 Å². The van der Waals surface area contributed by atoms with Crippen molar-refractivity contribution in [2.24, 2.45) is 0 Å². The van der Waals surface area contributed by atoms with Crippen LogP contribution in [0.1, 0.15) is 46.2 Å². The van der Waals surface area contributed by atoms with Crippen molar-refractivity contribution in [1.29, 1.82) is 0 Å². The van der Waals surface area contributed by atoms with Gasteiger partial charge in [0.1, 0.15) is 5.82 Å². The Kier molecular flexibility index (Phi) is 6.37. The molecule has 0 aliphatic carbocycles. The number of pyridine rings is 1. The molecule has 0 amide bonds. The van der Waals surface area contributed by atoms with Gasteiger partial charge in [0.2, 0.25) is 0 Å². The quantitative estimate of drug-likeness (QED) is 0.479. The van der Waals surface area contributed by atoms with Crippen LogP contribution in [0.2, 0.25) is 0 Å². The van der Waals surface area contributed by atoms with Gasteiger partial charge in [0.15, 0.2) is 5.65 Å². The highest BCUT2D eigenvalue weighted by atomic mass is 15.2. The van der Waals surface area contributed by atoms with Gasteiger partial charge in [0.25, 0.3) is 0 Å². The molecule has 146 valence electrons. The van der Waals surface area contributed by atoms with Crippen molar-refractivity contribution < 1.29 is 1.43 Å². The number of rotatable bonds is 5. The molecule has 3 aromatic heterocycles. The molecule has 0 saturated carbocycles. The summed E-state index contributed by atoms with van der Waals surface area (Å²) in [6, 6.07) is 14.5. The zero-order chi connectivity index (χ0) is 19.9. The summed E-state index contributed by atoms with van der Waals surface area (Å²) in [4.78, 5) is 8.91. The van der Waals surface area contributed by atoms with Crippen molar-refractivity contribution >= 4 is 11.5 Å². The van der Waals surface area contributed by atoms with Crippen LogP contribution in [0, 0.1) is 0 Å². The lowest BCUT2D eigenvalue weighted by Crippen LogP contribution is -2.03. The largest absolute Gasteiger partial charge is 0.366 e. The lowest BCUT2D eigenvalue weighted by atomic mass is 9.99. The maximum absolute atomic E-state index is 4.77. The van der Waals surface area contributed by atoms with E-state index in [0.29, 0.717) is 12.5 Å². The first-order chi connectivity index (χ1) is 13.7. The van der Waals surface area contributed by atoms with Gasteiger partial charge in [-0.25, -0.2) is 9.50 Å². The van der Waals surface area contributed by atoms with E-state index in [4.69, 9.17) is 4.98 Å². The van der Waals surface area contributed by atoms with Gasteiger partial charge in [-0.1, -0.05) is 58.0 Å². The Morgan fingerprint density at radius 1 is 1.07 bits per heavy atom. The number of aromatic nitrogens is 4. The van der Waals surface area contributed by atoms with Gasteiger partial charge in [0, 0.05) is 32.1 Å². The number of fused-ring (bicyclic) bond motifs is 1. The minimum atomic E-state index is 0. The highest BCUT2D eigenvalue weighted by Crippen LogP contribution is 2.27. The van der Waals surface area contributed by atoms with Crippen molar-refractivity contribution in [3.8, 4) is 11.1 Å². The fraction of sp³-hybridized carbons (Fsp3) is 0.261. The molecule has 0 radical (unpaired) electrons. The third-order valence-corrected chi connectivity index (χ3v) is 4.43. The number of hydrogen-bond donors (Lipinski definition) is 1. The van der Waals surface area contributed by atoms with E-state index in [1.54, 1.807) is 6.20 Å². The molecule has 1 N–H and O–H groups in total. The average Bonchev–Trinajstić information content (AvgIpc) is 3.18. The van der Waals surface area contributed by atoms with E-state index in [0.717, 1.165) is 28.2 Å². The second kappa shape index (κ2) is 9.13. The first-order valence-electron chi connectivity index (χ1n) is 9.78. The van der Waals surface area contributed by atoms with Crippen LogP contribution >= 0.6 is 0 Å². The zero-order valence-corrected chi connectivity index (χ0v) is 16.9.